The lowest BCUT2D eigenvalue weighted by atomic mass is 9.99. The average molecular weight is 414 g/mol. The summed E-state index contributed by atoms with van der Waals surface area (Å²) < 4.78 is 10.7. The van der Waals surface area contributed by atoms with Gasteiger partial charge in [-0.2, -0.15) is 0 Å². The number of carboxylic acids is 2. The zero-order valence-electron chi connectivity index (χ0n) is 17.6. The molecule has 1 aromatic rings. The van der Waals surface area contributed by atoms with Crippen molar-refractivity contribution in [2.75, 3.05) is 26.8 Å². The monoisotopic (exact) mass is 413 g/mol. The number of methoxy groups -OCH3 is 1. The van der Waals surface area contributed by atoms with Crippen LogP contribution >= 0.6 is 0 Å². The highest BCUT2D eigenvalue weighted by atomic mass is 16.5. The molecule has 0 aliphatic carbocycles. The van der Waals surface area contributed by atoms with Gasteiger partial charge in [-0.3, -0.25) is 0 Å². The SMILES string of the molecule is CCCCC(CC)CNCC(O)COCc1ccc(OC)cc1.O=C(O)C(=O)O. The Balaban J connectivity index is 0.00000113. The quantitative estimate of drug-likeness (QED) is 0.364. The number of carbonyl (C=O) groups is 2. The number of hydrogen-bond acceptors (Lipinski definition) is 6. The minimum Gasteiger partial charge on any atom is -0.497 e. The summed E-state index contributed by atoms with van der Waals surface area (Å²) in [5, 5.41) is 28.1. The van der Waals surface area contributed by atoms with Gasteiger partial charge in [0.05, 0.1) is 26.4 Å². The number of aliphatic hydroxyl groups excluding tert-OH is 1. The zero-order valence-corrected chi connectivity index (χ0v) is 17.6. The summed E-state index contributed by atoms with van der Waals surface area (Å²) in [6.45, 7) is 6.89. The summed E-state index contributed by atoms with van der Waals surface area (Å²) in [5.74, 6) is -2.10. The standard InChI is InChI=1S/C19H33NO3.C2H2O4/c1-4-6-7-16(5-2)12-20-13-18(21)15-23-14-17-8-10-19(22-3)11-9-17;3-1(4)2(5)6/h8-11,16,18,20-21H,4-7,12-15H2,1-3H3;(H,3,4)(H,5,6). The van der Waals surface area contributed by atoms with Crippen molar-refractivity contribution in [2.24, 2.45) is 5.92 Å². The van der Waals surface area contributed by atoms with Crippen molar-refractivity contribution < 1.29 is 34.4 Å². The fraction of sp³-hybridized carbons (Fsp3) is 0.619. The third-order valence-corrected chi connectivity index (χ3v) is 4.28. The predicted octanol–water partition coefficient (Wildman–Crippen LogP) is 2.53. The molecule has 0 amide bonds. The minimum atomic E-state index is -1.82. The lowest BCUT2D eigenvalue weighted by Gasteiger charge is -2.17. The molecule has 0 aromatic heterocycles. The van der Waals surface area contributed by atoms with Crippen LogP contribution < -0.4 is 10.1 Å². The Labute approximate surface area is 172 Å². The van der Waals surface area contributed by atoms with Crippen molar-refractivity contribution in [2.45, 2.75) is 52.2 Å². The molecule has 0 saturated heterocycles. The van der Waals surface area contributed by atoms with Gasteiger partial charge < -0.3 is 30.1 Å². The van der Waals surface area contributed by atoms with Crippen LogP contribution in [0.5, 0.6) is 5.75 Å². The minimum absolute atomic E-state index is 0.352. The summed E-state index contributed by atoms with van der Waals surface area (Å²) in [6, 6.07) is 7.78. The van der Waals surface area contributed by atoms with E-state index in [9.17, 15) is 5.11 Å². The molecule has 1 rings (SSSR count). The molecule has 8 nitrogen and oxygen atoms in total. The Hall–Kier alpha value is -2.16. The van der Waals surface area contributed by atoms with E-state index >= 15 is 0 Å². The average Bonchev–Trinajstić information content (AvgIpc) is 2.71. The first-order valence-corrected chi connectivity index (χ1v) is 9.89. The third-order valence-electron chi connectivity index (χ3n) is 4.28. The van der Waals surface area contributed by atoms with Crippen LogP contribution in [0, 0.1) is 5.92 Å². The second-order valence-electron chi connectivity index (χ2n) is 6.70. The number of aliphatic hydroxyl groups is 1. The fourth-order valence-electron chi connectivity index (χ4n) is 2.49. The number of aliphatic carboxylic acids is 2. The Morgan fingerprint density at radius 2 is 1.69 bits per heavy atom. The van der Waals surface area contributed by atoms with Crippen LogP contribution in [0.1, 0.15) is 45.1 Å². The zero-order chi connectivity index (χ0) is 22.1. The van der Waals surface area contributed by atoms with Crippen molar-refractivity contribution in [1.29, 1.82) is 0 Å². The number of carboxylic acid groups (broad SMARTS) is 2. The van der Waals surface area contributed by atoms with Gasteiger partial charge in [0.15, 0.2) is 0 Å². The van der Waals surface area contributed by atoms with Crippen LogP contribution in [0.15, 0.2) is 24.3 Å². The van der Waals surface area contributed by atoms with Crippen molar-refractivity contribution in [3.63, 3.8) is 0 Å². The number of nitrogens with one attached hydrogen (secondary N) is 1. The highest BCUT2D eigenvalue weighted by Crippen LogP contribution is 2.12. The first-order valence-electron chi connectivity index (χ1n) is 9.89. The molecule has 0 spiro atoms. The molecule has 166 valence electrons. The van der Waals surface area contributed by atoms with Crippen LogP contribution in [0.2, 0.25) is 0 Å². The number of unbranched alkanes of at least 4 members (excludes halogenated alkanes) is 1. The van der Waals surface area contributed by atoms with E-state index in [0.717, 1.165) is 17.9 Å². The van der Waals surface area contributed by atoms with Gasteiger partial charge in [-0.15, -0.1) is 0 Å². The lowest BCUT2D eigenvalue weighted by Crippen LogP contribution is -2.33. The van der Waals surface area contributed by atoms with Crippen molar-refractivity contribution in [3.8, 4) is 5.75 Å². The molecule has 0 aliphatic rings. The summed E-state index contributed by atoms with van der Waals surface area (Å²) in [6.07, 6.45) is 4.53. The molecule has 0 heterocycles. The summed E-state index contributed by atoms with van der Waals surface area (Å²) in [7, 11) is 1.65. The van der Waals surface area contributed by atoms with E-state index in [2.05, 4.69) is 19.2 Å². The van der Waals surface area contributed by atoms with E-state index in [0.29, 0.717) is 25.7 Å². The molecule has 0 radical (unpaired) electrons. The molecule has 4 N–H and O–H groups in total. The molecule has 0 aliphatic heterocycles. The smallest absolute Gasteiger partial charge is 0.414 e. The molecule has 2 unspecified atom stereocenters. The van der Waals surface area contributed by atoms with Crippen molar-refractivity contribution >= 4 is 11.9 Å². The summed E-state index contributed by atoms with van der Waals surface area (Å²) in [5.41, 5.74) is 1.08. The lowest BCUT2D eigenvalue weighted by molar-refractivity contribution is -0.159. The first kappa shape index (κ1) is 26.8. The normalized spacial score (nSPS) is 12.4. The summed E-state index contributed by atoms with van der Waals surface area (Å²) >= 11 is 0. The van der Waals surface area contributed by atoms with E-state index in [1.165, 1.54) is 25.7 Å². The Morgan fingerprint density at radius 1 is 1.07 bits per heavy atom. The topological polar surface area (TPSA) is 125 Å². The van der Waals surface area contributed by atoms with Crippen LogP contribution in [0.3, 0.4) is 0 Å². The molecule has 0 saturated carbocycles. The van der Waals surface area contributed by atoms with Crippen LogP contribution in [-0.2, 0) is 20.9 Å². The molecule has 8 heteroatoms. The van der Waals surface area contributed by atoms with Gasteiger partial charge in [0.25, 0.3) is 0 Å². The predicted molar refractivity (Wildman–Crippen MR) is 110 cm³/mol. The Kier molecular flexibility index (Phi) is 15.5. The van der Waals surface area contributed by atoms with Gasteiger partial charge in [-0.05, 0) is 36.6 Å². The second kappa shape index (κ2) is 16.8. The largest absolute Gasteiger partial charge is 0.497 e. The molecular formula is C21H35NO7. The maximum Gasteiger partial charge on any atom is 0.414 e. The number of hydrogen-bond donors (Lipinski definition) is 4. The number of benzene rings is 1. The number of rotatable bonds is 13. The Bertz CT molecular complexity index is 551. The first-order chi connectivity index (χ1) is 13.8. The van der Waals surface area contributed by atoms with Gasteiger partial charge in [-0.1, -0.05) is 45.2 Å². The fourth-order valence-corrected chi connectivity index (χ4v) is 2.49. The van der Waals surface area contributed by atoms with Gasteiger partial charge in [0, 0.05) is 6.54 Å². The van der Waals surface area contributed by atoms with Gasteiger partial charge in [0.2, 0.25) is 0 Å². The van der Waals surface area contributed by atoms with E-state index in [-0.39, 0.29) is 0 Å². The van der Waals surface area contributed by atoms with Crippen LogP contribution in [0.25, 0.3) is 0 Å². The van der Waals surface area contributed by atoms with E-state index in [1.54, 1.807) is 7.11 Å². The summed E-state index contributed by atoms with van der Waals surface area (Å²) in [4.78, 5) is 18.2. The van der Waals surface area contributed by atoms with E-state index in [1.807, 2.05) is 24.3 Å². The van der Waals surface area contributed by atoms with Crippen LogP contribution in [0.4, 0.5) is 0 Å². The third kappa shape index (κ3) is 14.5. The van der Waals surface area contributed by atoms with Crippen LogP contribution in [-0.4, -0.2) is 60.2 Å². The molecule has 2 atom stereocenters. The molecule has 1 aromatic carbocycles. The van der Waals surface area contributed by atoms with Crippen molar-refractivity contribution in [3.05, 3.63) is 29.8 Å². The highest BCUT2D eigenvalue weighted by molar-refractivity contribution is 6.27. The van der Waals surface area contributed by atoms with E-state index < -0.39 is 18.0 Å². The maximum atomic E-state index is 9.96. The number of ether oxygens (including phenoxy) is 2. The Morgan fingerprint density at radius 3 is 2.17 bits per heavy atom. The van der Waals surface area contributed by atoms with Gasteiger partial charge >= 0.3 is 11.9 Å². The molecule has 0 bridgehead atoms. The molecular weight excluding hydrogens is 378 g/mol. The van der Waals surface area contributed by atoms with Gasteiger partial charge in [-0.25, -0.2) is 9.59 Å². The molecule has 0 fully saturated rings. The van der Waals surface area contributed by atoms with E-state index in [4.69, 9.17) is 29.3 Å². The second-order valence-corrected chi connectivity index (χ2v) is 6.70. The molecule has 29 heavy (non-hydrogen) atoms. The highest BCUT2D eigenvalue weighted by Gasteiger charge is 2.08. The maximum absolute atomic E-state index is 9.96. The van der Waals surface area contributed by atoms with Crippen molar-refractivity contribution in [1.82, 2.24) is 5.32 Å². The van der Waals surface area contributed by atoms with Gasteiger partial charge in [0.1, 0.15) is 5.75 Å².